The molecule has 118 valence electrons. The van der Waals surface area contributed by atoms with Crippen LogP contribution in [0.5, 0.6) is 5.75 Å². The van der Waals surface area contributed by atoms with Crippen molar-refractivity contribution in [3.8, 4) is 5.75 Å². The van der Waals surface area contributed by atoms with Gasteiger partial charge in [0.05, 0.1) is 12.0 Å². The predicted octanol–water partition coefficient (Wildman–Crippen LogP) is 2.15. The molecule has 1 aliphatic rings. The van der Waals surface area contributed by atoms with Gasteiger partial charge in [0.25, 0.3) is 0 Å². The Morgan fingerprint density at radius 1 is 1.24 bits per heavy atom. The molecule has 1 aliphatic carbocycles. The first-order valence-electron chi connectivity index (χ1n) is 7.46. The van der Waals surface area contributed by atoms with Crippen molar-refractivity contribution in [1.82, 2.24) is 4.72 Å². The van der Waals surface area contributed by atoms with Crippen molar-refractivity contribution < 1.29 is 13.2 Å². The molecule has 1 aromatic rings. The highest BCUT2D eigenvalue weighted by Crippen LogP contribution is 2.24. The molecule has 1 saturated carbocycles. The normalized spacial score (nSPS) is 17.4. The molecule has 0 amide bonds. The Bertz CT molecular complexity index is 564. The lowest BCUT2D eigenvalue weighted by Crippen LogP contribution is -2.34. The summed E-state index contributed by atoms with van der Waals surface area (Å²) in [7, 11) is -1.95. The lowest BCUT2D eigenvalue weighted by Gasteiger charge is -2.17. The average molecular weight is 312 g/mol. The van der Waals surface area contributed by atoms with Gasteiger partial charge in [0.2, 0.25) is 10.0 Å². The maximum Gasteiger partial charge on any atom is 0.240 e. The van der Waals surface area contributed by atoms with Gasteiger partial charge < -0.3 is 10.5 Å². The Kier molecular flexibility index (Phi) is 5.61. The van der Waals surface area contributed by atoms with Crippen molar-refractivity contribution in [1.29, 1.82) is 0 Å². The summed E-state index contributed by atoms with van der Waals surface area (Å²) in [6.45, 7) is 0.246. The molecule has 5 nitrogen and oxygen atoms in total. The Balaban J connectivity index is 2.18. The molecule has 0 unspecified atom stereocenters. The first-order valence-corrected chi connectivity index (χ1v) is 8.94. The Morgan fingerprint density at radius 2 is 1.90 bits per heavy atom. The van der Waals surface area contributed by atoms with Crippen molar-refractivity contribution in [2.24, 2.45) is 5.73 Å². The van der Waals surface area contributed by atoms with E-state index in [1.807, 2.05) is 0 Å². The number of nitrogens with two attached hydrogens (primary N) is 1. The fraction of sp³-hybridized carbons (Fsp3) is 0.600. The average Bonchev–Trinajstić information content (AvgIpc) is 2.74. The van der Waals surface area contributed by atoms with E-state index in [2.05, 4.69) is 4.72 Å². The SMILES string of the molecule is COc1ccc(S(=O)(=O)NC2CCCCCC2)cc1CN. The highest BCUT2D eigenvalue weighted by atomic mass is 32.2. The standard InChI is InChI=1S/C15H24N2O3S/c1-20-15-9-8-14(10-12(15)11-16)21(18,19)17-13-6-4-2-3-5-7-13/h8-10,13,17H,2-7,11,16H2,1H3. The summed E-state index contributed by atoms with van der Waals surface area (Å²) < 4.78 is 33.0. The van der Waals surface area contributed by atoms with E-state index in [1.165, 1.54) is 12.8 Å². The van der Waals surface area contributed by atoms with Gasteiger partial charge in [-0.2, -0.15) is 0 Å². The van der Waals surface area contributed by atoms with Crippen molar-refractivity contribution in [2.45, 2.75) is 56.0 Å². The van der Waals surface area contributed by atoms with Gasteiger partial charge >= 0.3 is 0 Å². The fourth-order valence-electron chi connectivity index (χ4n) is 2.77. The number of rotatable bonds is 5. The van der Waals surface area contributed by atoms with E-state index in [0.29, 0.717) is 11.3 Å². The maximum absolute atomic E-state index is 12.5. The molecule has 21 heavy (non-hydrogen) atoms. The van der Waals surface area contributed by atoms with Crippen LogP contribution in [-0.2, 0) is 16.6 Å². The molecule has 0 bridgehead atoms. The van der Waals surface area contributed by atoms with Crippen molar-refractivity contribution in [3.05, 3.63) is 23.8 Å². The minimum absolute atomic E-state index is 0.0425. The van der Waals surface area contributed by atoms with E-state index in [9.17, 15) is 8.42 Å². The molecule has 0 heterocycles. The van der Waals surface area contributed by atoms with Crippen LogP contribution in [0.2, 0.25) is 0 Å². The number of methoxy groups -OCH3 is 1. The van der Waals surface area contributed by atoms with Crippen LogP contribution < -0.4 is 15.2 Å². The summed E-state index contributed by atoms with van der Waals surface area (Å²) in [5, 5.41) is 0. The van der Waals surface area contributed by atoms with Crippen molar-refractivity contribution in [3.63, 3.8) is 0 Å². The van der Waals surface area contributed by atoms with E-state index >= 15 is 0 Å². The van der Waals surface area contributed by atoms with Crippen LogP contribution >= 0.6 is 0 Å². The smallest absolute Gasteiger partial charge is 0.240 e. The highest BCUT2D eigenvalue weighted by Gasteiger charge is 2.22. The van der Waals surface area contributed by atoms with E-state index < -0.39 is 10.0 Å². The van der Waals surface area contributed by atoms with Crippen LogP contribution in [0.4, 0.5) is 0 Å². The molecular weight excluding hydrogens is 288 g/mol. The van der Waals surface area contributed by atoms with Gasteiger partial charge in [-0.15, -0.1) is 0 Å². The number of benzene rings is 1. The Labute approximate surface area is 126 Å². The number of hydrogen-bond donors (Lipinski definition) is 2. The highest BCUT2D eigenvalue weighted by molar-refractivity contribution is 7.89. The molecular formula is C15H24N2O3S. The molecule has 0 aliphatic heterocycles. The van der Waals surface area contributed by atoms with Crippen LogP contribution in [-0.4, -0.2) is 21.6 Å². The minimum atomic E-state index is -3.49. The first-order chi connectivity index (χ1) is 10.1. The second-order valence-corrected chi connectivity index (χ2v) is 7.20. The van der Waals surface area contributed by atoms with E-state index in [0.717, 1.165) is 25.7 Å². The molecule has 1 fully saturated rings. The van der Waals surface area contributed by atoms with Crippen molar-refractivity contribution >= 4 is 10.0 Å². The third-order valence-electron chi connectivity index (χ3n) is 3.96. The fourth-order valence-corrected chi connectivity index (χ4v) is 4.12. The van der Waals surface area contributed by atoms with Gasteiger partial charge in [-0.05, 0) is 31.0 Å². The summed E-state index contributed by atoms with van der Waals surface area (Å²) in [5.41, 5.74) is 6.34. The molecule has 2 rings (SSSR count). The van der Waals surface area contributed by atoms with Crippen LogP contribution in [0, 0.1) is 0 Å². The van der Waals surface area contributed by atoms with Crippen LogP contribution in [0.15, 0.2) is 23.1 Å². The molecule has 0 aromatic heterocycles. The lowest BCUT2D eigenvalue weighted by molar-refractivity contribution is 0.409. The molecule has 0 saturated heterocycles. The molecule has 0 atom stereocenters. The zero-order valence-corrected chi connectivity index (χ0v) is 13.3. The topological polar surface area (TPSA) is 81.4 Å². The zero-order chi connectivity index (χ0) is 15.3. The molecule has 0 radical (unpaired) electrons. The summed E-state index contributed by atoms with van der Waals surface area (Å²) in [6.07, 6.45) is 6.39. The lowest BCUT2D eigenvalue weighted by atomic mass is 10.1. The van der Waals surface area contributed by atoms with Gasteiger partial charge in [-0.3, -0.25) is 0 Å². The van der Waals surface area contributed by atoms with E-state index in [-0.39, 0.29) is 17.5 Å². The maximum atomic E-state index is 12.5. The van der Waals surface area contributed by atoms with Gasteiger partial charge in [0.15, 0.2) is 0 Å². The summed E-state index contributed by atoms with van der Waals surface area (Å²) in [6, 6.07) is 4.86. The Morgan fingerprint density at radius 3 is 2.48 bits per heavy atom. The van der Waals surface area contributed by atoms with Gasteiger partial charge in [0.1, 0.15) is 5.75 Å². The van der Waals surface area contributed by atoms with Gasteiger partial charge in [-0.1, -0.05) is 25.7 Å². The van der Waals surface area contributed by atoms with Crippen LogP contribution in [0.25, 0.3) is 0 Å². The summed E-state index contributed by atoms with van der Waals surface area (Å²) >= 11 is 0. The number of ether oxygens (including phenoxy) is 1. The number of nitrogens with one attached hydrogen (secondary N) is 1. The van der Waals surface area contributed by atoms with Crippen molar-refractivity contribution in [2.75, 3.05) is 7.11 Å². The van der Waals surface area contributed by atoms with Crippen LogP contribution in [0.1, 0.15) is 44.1 Å². The third kappa shape index (κ3) is 4.18. The third-order valence-corrected chi connectivity index (χ3v) is 5.48. The molecule has 1 aromatic carbocycles. The predicted molar refractivity (Wildman–Crippen MR) is 82.7 cm³/mol. The number of sulfonamides is 1. The zero-order valence-electron chi connectivity index (χ0n) is 12.5. The summed E-state index contributed by atoms with van der Waals surface area (Å²) in [4.78, 5) is 0.257. The second-order valence-electron chi connectivity index (χ2n) is 5.49. The quantitative estimate of drug-likeness (QED) is 0.816. The molecule has 6 heteroatoms. The van der Waals surface area contributed by atoms with Crippen LogP contribution in [0.3, 0.4) is 0 Å². The Hall–Kier alpha value is -1.11. The number of hydrogen-bond acceptors (Lipinski definition) is 4. The monoisotopic (exact) mass is 312 g/mol. The molecule has 3 N–H and O–H groups in total. The van der Waals surface area contributed by atoms with E-state index in [4.69, 9.17) is 10.5 Å². The van der Waals surface area contributed by atoms with Gasteiger partial charge in [-0.25, -0.2) is 13.1 Å². The second kappa shape index (κ2) is 7.24. The minimum Gasteiger partial charge on any atom is -0.496 e. The summed E-state index contributed by atoms with van der Waals surface area (Å²) in [5.74, 6) is 0.617. The van der Waals surface area contributed by atoms with E-state index in [1.54, 1.807) is 25.3 Å². The first kappa shape index (κ1) is 16.3. The largest absolute Gasteiger partial charge is 0.496 e. The van der Waals surface area contributed by atoms with Gasteiger partial charge in [0, 0.05) is 18.2 Å². The molecule has 0 spiro atoms.